The number of nitrogens with two attached hydrogens (primary N) is 1. The summed E-state index contributed by atoms with van der Waals surface area (Å²) in [7, 11) is -3.70. The van der Waals surface area contributed by atoms with E-state index in [1.165, 1.54) is 23.5 Å². The molecule has 0 atom stereocenters. The van der Waals surface area contributed by atoms with Gasteiger partial charge >= 0.3 is 0 Å². The van der Waals surface area contributed by atoms with Gasteiger partial charge < -0.3 is 5.73 Å². The molecule has 3 N–H and O–H groups in total. The molecule has 0 saturated carbocycles. The molecule has 0 bridgehead atoms. The van der Waals surface area contributed by atoms with Crippen molar-refractivity contribution in [1.82, 2.24) is 9.71 Å². The normalized spacial score (nSPS) is 11.8. The van der Waals surface area contributed by atoms with Crippen molar-refractivity contribution in [1.29, 1.82) is 0 Å². The van der Waals surface area contributed by atoms with E-state index in [0.717, 1.165) is 10.9 Å². The molecular weight excluding hydrogens is 301 g/mol. The molecule has 8 heteroatoms. The first-order chi connectivity index (χ1) is 9.42. The molecule has 0 spiro atoms. The quantitative estimate of drug-likeness (QED) is 0.876. The lowest BCUT2D eigenvalue weighted by Gasteiger charge is -2.07. The maximum Gasteiger partial charge on any atom is 0.240 e. The number of nitrogens with one attached hydrogen (secondary N) is 1. The van der Waals surface area contributed by atoms with Gasteiger partial charge in [0.1, 0.15) is 10.8 Å². The first kappa shape index (κ1) is 15.0. The van der Waals surface area contributed by atoms with Crippen molar-refractivity contribution >= 4 is 21.4 Å². The van der Waals surface area contributed by atoms with Gasteiger partial charge in [-0.2, -0.15) is 0 Å². The van der Waals surface area contributed by atoms with Crippen molar-refractivity contribution in [3.63, 3.8) is 0 Å². The van der Waals surface area contributed by atoms with Crippen LogP contribution >= 0.6 is 11.3 Å². The molecule has 108 valence electrons. The van der Waals surface area contributed by atoms with Crippen molar-refractivity contribution in [2.45, 2.75) is 24.9 Å². The maximum absolute atomic E-state index is 13.3. The molecule has 0 fully saturated rings. The van der Waals surface area contributed by atoms with Crippen molar-refractivity contribution in [2.75, 3.05) is 0 Å². The van der Waals surface area contributed by atoms with Crippen LogP contribution in [0.5, 0.6) is 0 Å². The van der Waals surface area contributed by atoms with E-state index in [1.807, 2.05) is 6.92 Å². The molecule has 2 aromatic rings. The fourth-order valence-corrected chi connectivity index (χ4v) is 3.45. The highest BCUT2D eigenvalue weighted by molar-refractivity contribution is 7.89. The number of aromatic nitrogens is 1. The predicted molar refractivity (Wildman–Crippen MR) is 75.2 cm³/mol. The fraction of sp³-hybridized carbons (Fsp3) is 0.250. The third-order valence-electron chi connectivity index (χ3n) is 2.63. The highest BCUT2D eigenvalue weighted by Gasteiger charge is 2.16. The first-order valence-electron chi connectivity index (χ1n) is 5.82. The van der Waals surface area contributed by atoms with Crippen LogP contribution in [0.3, 0.4) is 0 Å². The summed E-state index contributed by atoms with van der Waals surface area (Å²) in [4.78, 5) is 5.07. The van der Waals surface area contributed by atoms with Crippen molar-refractivity contribution in [3.05, 3.63) is 45.7 Å². The van der Waals surface area contributed by atoms with Gasteiger partial charge in [-0.25, -0.2) is 22.5 Å². The lowest BCUT2D eigenvalue weighted by Crippen LogP contribution is -2.23. The molecule has 0 amide bonds. The van der Waals surface area contributed by atoms with E-state index < -0.39 is 15.8 Å². The van der Waals surface area contributed by atoms with Crippen LogP contribution in [0.15, 0.2) is 29.3 Å². The molecule has 5 nitrogen and oxygen atoms in total. The topological polar surface area (TPSA) is 85.1 Å². The molecule has 0 saturated heterocycles. The molecule has 0 aliphatic rings. The smallest absolute Gasteiger partial charge is 0.240 e. The van der Waals surface area contributed by atoms with Gasteiger partial charge in [0.05, 0.1) is 11.4 Å². The molecule has 1 aromatic carbocycles. The van der Waals surface area contributed by atoms with Gasteiger partial charge in [0.15, 0.2) is 0 Å². The number of sulfonamides is 1. The minimum Gasteiger partial charge on any atom is -0.326 e. The summed E-state index contributed by atoms with van der Waals surface area (Å²) in [5.74, 6) is -0.512. The van der Waals surface area contributed by atoms with Gasteiger partial charge in [0, 0.05) is 23.2 Å². The number of rotatable bonds is 5. The standard InChI is InChI=1S/C12H14FN3O2S2/c1-8-6-15-12(19-8)7-16-20(17,18)10-2-3-11(13)9(4-10)5-14/h2-4,6,16H,5,7,14H2,1H3. The van der Waals surface area contributed by atoms with Crippen LogP contribution in [0.25, 0.3) is 0 Å². The summed E-state index contributed by atoms with van der Waals surface area (Å²) in [6, 6.07) is 3.55. The largest absolute Gasteiger partial charge is 0.326 e. The average molecular weight is 315 g/mol. The van der Waals surface area contributed by atoms with E-state index >= 15 is 0 Å². The van der Waals surface area contributed by atoms with Gasteiger partial charge in [0.2, 0.25) is 10.0 Å². The van der Waals surface area contributed by atoms with Gasteiger partial charge in [-0.15, -0.1) is 11.3 Å². The Labute approximate surface area is 120 Å². The molecule has 20 heavy (non-hydrogen) atoms. The summed E-state index contributed by atoms with van der Waals surface area (Å²) in [6.07, 6.45) is 1.68. The highest BCUT2D eigenvalue weighted by Crippen LogP contribution is 2.16. The summed E-state index contributed by atoms with van der Waals surface area (Å²) in [5, 5.41) is 0.673. The second-order valence-corrected chi connectivity index (χ2v) is 7.23. The fourth-order valence-electron chi connectivity index (χ4n) is 1.60. The summed E-state index contributed by atoms with van der Waals surface area (Å²) in [5.41, 5.74) is 5.53. The maximum atomic E-state index is 13.3. The molecule has 0 aliphatic carbocycles. The second kappa shape index (κ2) is 5.96. The van der Waals surface area contributed by atoms with Crippen LogP contribution in [0, 0.1) is 12.7 Å². The number of benzene rings is 1. The number of thiazole rings is 1. The van der Waals surface area contributed by atoms with Crippen LogP contribution in [0.1, 0.15) is 15.4 Å². The highest BCUT2D eigenvalue weighted by atomic mass is 32.2. The molecule has 2 rings (SSSR count). The van der Waals surface area contributed by atoms with Crippen LogP contribution < -0.4 is 10.5 Å². The molecule has 0 aliphatic heterocycles. The van der Waals surface area contributed by atoms with Crippen LogP contribution in [-0.4, -0.2) is 13.4 Å². The molecule has 0 unspecified atom stereocenters. The molecule has 1 heterocycles. The lowest BCUT2D eigenvalue weighted by atomic mass is 10.2. The zero-order valence-corrected chi connectivity index (χ0v) is 12.4. The lowest BCUT2D eigenvalue weighted by molar-refractivity contribution is 0.579. The van der Waals surface area contributed by atoms with E-state index in [4.69, 9.17) is 5.73 Å². The summed E-state index contributed by atoms with van der Waals surface area (Å²) in [6.45, 7) is 1.94. The van der Waals surface area contributed by atoms with Crippen LogP contribution in [0.4, 0.5) is 4.39 Å². The number of hydrogen-bond donors (Lipinski definition) is 2. The van der Waals surface area contributed by atoms with Crippen molar-refractivity contribution < 1.29 is 12.8 Å². The van der Waals surface area contributed by atoms with Crippen molar-refractivity contribution in [3.8, 4) is 0 Å². The number of nitrogens with zero attached hydrogens (tertiary/aromatic N) is 1. The monoisotopic (exact) mass is 315 g/mol. The Balaban J connectivity index is 2.17. The van der Waals surface area contributed by atoms with E-state index in [0.29, 0.717) is 5.01 Å². The Kier molecular flexibility index (Phi) is 4.48. The third-order valence-corrected chi connectivity index (χ3v) is 4.94. The number of halogens is 1. The minimum atomic E-state index is -3.70. The van der Waals surface area contributed by atoms with Gasteiger partial charge in [0.25, 0.3) is 0 Å². The minimum absolute atomic E-state index is 0.00683. The van der Waals surface area contributed by atoms with Crippen LogP contribution in [-0.2, 0) is 23.1 Å². The second-order valence-electron chi connectivity index (χ2n) is 4.15. The van der Waals surface area contributed by atoms with Gasteiger partial charge in [-0.3, -0.25) is 0 Å². The Morgan fingerprint density at radius 3 is 2.80 bits per heavy atom. The number of hydrogen-bond acceptors (Lipinski definition) is 5. The van der Waals surface area contributed by atoms with Crippen molar-refractivity contribution in [2.24, 2.45) is 5.73 Å². The summed E-state index contributed by atoms with van der Waals surface area (Å²) < 4.78 is 39.9. The Bertz CT molecular complexity index is 713. The Morgan fingerprint density at radius 1 is 1.45 bits per heavy atom. The zero-order chi connectivity index (χ0) is 14.8. The SMILES string of the molecule is Cc1cnc(CNS(=O)(=O)c2ccc(F)c(CN)c2)s1. The Hall–Kier alpha value is -1.35. The van der Waals surface area contributed by atoms with Gasteiger partial charge in [-0.1, -0.05) is 0 Å². The number of aryl methyl sites for hydroxylation is 1. The van der Waals surface area contributed by atoms with E-state index in [1.54, 1.807) is 6.20 Å². The predicted octanol–water partition coefficient (Wildman–Crippen LogP) is 1.53. The first-order valence-corrected chi connectivity index (χ1v) is 8.12. The molecule has 1 aromatic heterocycles. The average Bonchev–Trinajstić information content (AvgIpc) is 2.83. The molecule has 0 radical (unpaired) electrons. The Morgan fingerprint density at radius 2 is 2.20 bits per heavy atom. The third kappa shape index (κ3) is 3.40. The summed E-state index contributed by atoms with van der Waals surface area (Å²) >= 11 is 1.42. The zero-order valence-electron chi connectivity index (χ0n) is 10.8. The van der Waals surface area contributed by atoms with E-state index in [-0.39, 0.29) is 23.5 Å². The van der Waals surface area contributed by atoms with Crippen LogP contribution in [0.2, 0.25) is 0 Å². The molecular formula is C12H14FN3O2S2. The van der Waals surface area contributed by atoms with E-state index in [9.17, 15) is 12.8 Å². The van der Waals surface area contributed by atoms with E-state index in [2.05, 4.69) is 9.71 Å². The van der Waals surface area contributed by atoms with Gasteiger partial charge in [-0.05, 0) is 25.1 Å².